The van der Waals surface area contributed by atoms with Crippen LogP contribution >= 0.6 is 0 Å². The molecule has 0 aromatic heterocycles. The van der Waals surface area contributed by atoms with Crippen molar-refractivity contribution in [2.24, 2.45) is 0 Å². The van der Waals surface area contributed by atoms with Gasteiger partial charge in [-0.15, -0.1) is 0 Å². The van der Waals surface area contributed by atoms with Crippen molar-refractivity contribution >= 4 is 11.8 Å². The van der Waals surface area contributed by atoms with Crippen LogP contribution < -0.4 is 10.6 Å². The molecule has 0 saturated carbocycles. The Morgan fingerprint density at radius 1 is 0.853 bits per heavy atom. The first-order valence-electron chi connectivity index (χ1n) is 12.1. The van der Waals surface area contributed by atoms with E-state index in [-0.39, 0.29) is 24.5 Å². The van der Waals surface area contributed by atoms with Gasteiger partial charge in [-0.2, -0.15) is 0 Å². The molecule has 0 unspecified atom stereocenters. The summed E-state index contributed by atoms with van der Waals surface area (Å²) in [6, 6.07) is 26.6. The second-order valence-corrected chi connectivity index (χ2v) is 8.83. The van der Waals surface area contributed by atoms with Gasteiger partial charge >= 0.3 is 0 Å². The molecule has 1 aliphatic rings. The Balaban J connectivity index is 1.54. The van der Waals surface area contributed by atoms with Crippen LogP contribution in [0, 0.1) is 0 Å². The predicted molar refractivity (Wildman–Crippen MR) is 133 cm³/mol. The number of aliphatic hydroxyl groups excluding tert-OH is 1. The third-order valence-electron chi connectivity index (χ3n) is 6.50. The molecule has 2 amide bonds. The van der Waals surface area contributed by atoms with Gasteiger partial charge in [-0.3, -0.25) is 9.59 Å². The highest BCUT2D eigenvalue weighted by molar-refractivity contribution is 5.92. The lowest BCUT2D eigenvalue weighted by molar-refractivity contribution is -0.130. The zero-order chi connectivity index (χ0) is 23.8. The first-order chi connectivity index (χ1) is 16.7. The zero-order valence-electron chi connectivity index (χ0n) is 19.3. The van der Waals surface area contributed by atoms with Gasteiger partial charge < -0.3 is 15.7 Å². The molecular formula is C29H32N2O3. The summed E-state index contributed by atoms with van der Waals surface area (Å²) in [6.07, 6.45) is 3.71. The number of aryl methyl sites for hydroxylation is 1. The van der Waals surface area contributed by atoms with Crippen LogP contribution in [0.4, 0.5) is 0 Å². The van der Waals surface area contributed by atoms with E-state index >= 15 is 0 Å². The van der Waals surface area contributed by atoms with Crippen molar-refractivity contribution in [2.45, 2.75) is 50.1 Å². The molecule has 0 radical (unpaired) electrons. The molecule has 5 heteroatoms. The lowest BCUT2D eigenvalue weighted by atomic mass is 9.87. The standard InChI is InChI=1S/C29H32N2O3/c32-20-10-19-26(28(33)30-25-18-9-16-21-11-7-8-17-24(21)25)31-29(34)27(22-12-3-1-4-13-22)23-14-5-2-6-15-23/h1-8,11-15,17,25-27,32H,9-10,16,18-20H2,(H,30,33)(H,31,34)/t25-,26-/m1/s1. The van der Waals surface area contributed by atoms with E-state index in [1.54, 1.807) is 0 Å². The number of carbonyl (C=O) groups is 2. The fraction of sp³-hybridized carbons (Fsp3) is 0.310. The number of hydrogen-bond acceptors (Lipinski definition) is 3. The number of rotatable bonds is 9. The summed E-state index contributed by atoms with van der Waals surface area (Å²) < 4.78 is 0. The average Bonchev–Trinajstić information content (AvgIpc) is 2.88. The highest BCUT2D eigenvalue weighted by Crippen LogP contribution is 2.30. The van der Waals surface area contributed by atoms with Gasteiger partial charge in [0.05, 0.1) is 12.0 Å². The van der Waals surface area contributed by atoms with Crippen LogP contribution in [0.25, 0.3) is 0 Å². The lowest BCUT2D eigenvalue weighted by Gasteiger charge is -2.29. The maximum Gasteiger partial charge on any atom is 0.243 e. The number of fused-ring (bicyclic) bond motifs is 1. The van der Waals surface area contributed by atoms with E-state index in [4.69, 9.17) is 0 Å². The van der Waals surface area contributed by atoms with Crippen LogP contribution in [0.15, 0.2) is 84.9 Å². The molecule has 3 aromatic rings. The number of nitrogens with one attached hydrogen (secondary N) is 2. The van der Waals surface area contributed by atoms with E-state index in [0.717, 1.165) is 36.0 Å². The molecule has 2 atom stereocenters. The normalized spacial score (nSPS) is 15.9. The molecule has 0 aliphatic heterocycles. The lowest BCUT2D eigenvalue weighted by Crippen LogP contribution is -2.49. The van der Waals surface area contributed by atoms with Gasteiger partial charge in [0.15, 0.2) is 0 Å². The molecule has 1 aliphatic carbocycles. The summed E-state index contributed by atoms with van der Waals surface area (Å²) in [5.74, 6) is -0.954. The average molecular weight is 457 g/mol. The molecule has 0 fully saturated rings. The molecule has 0 spiro atoms. The molecule has 3 aromatic carbocycles. The number of aliphatic hydroxyl groups is 1. The molecular weight excluding hydrogens is 424 g/mol. The Labute approximate surface area is 201 Å². The van der Waals surface area contributed by atoms with Gasteiger partial charge in [-0.1, -0.05) is 84.9 Å². The second-order valence-electron chi connectivity index (χ2n) is 8.83. The maximum absolute atomic E-state index is 13.6. The van der Waals surface area contributed by atoms with Crippen molar-refractivity contribution in [3.8, 4) is 0 Å². The van der Waals surface area contributed by atoms with Gasteiger partial charge in [0, 0.05) is 6.61 Å². The Kier molecular flexibility index (Phi) is 8.10. The highest BCUT2D eigenvalue weighted by Gasteiger charge is 2.30. The van der Waals surface area contributed by atoms with Gasteiger partial charge in [0.2, 0.25) is 11.8 Å². The van der Waals surface area contributed by atoms with E-state index < -0.39 is 12.0 Å². The van der Waals surface area contributed by atoms with Gasteiger partial charge in [0.1, 0.15) is 6.04 Å². The smallest absolute Gasteiger partial charge is 0.243 e. The van der Waals surface area contributed by atoms with Crippen LogP contribution in [-0.4, -0.2) is 29.6 Å². The van der Waals surface area contributed by atoms with Gasteiger partial charge in [0.25, 0.3) is 0 Å². The molecule has 0 saturated heterocycles. The van der Waals surface area contributed by atoms with E-state index in [1.807, 2.05) is 72.8 Å². The van der Waals surface area contributed by atoms with E-state index in [0.29, 0.717) is 12.8 Å². The molecule has 0 bridgehead atoms. The quantitative estimate of drug-likeness (QED) is 0.450. The highest BCUT2D eigenvalue weighted by atomic mass is 16.3. The van der Waals surface area contributed by atoms with E-state index in [9.17, 15) is 14.7 Å². The third-order valence-corrected chi connectivity index (χ3v) is 6.50. The number of benzene rings is 3. The summed E-state index contributed by atoms with van der Waals surface area (Å²) >= 11 is 0. The fourth-order valence-electron chi connectivity index (χ4n) is 4.78. The van der Waals surface area contributed by atoms with Crippen molar-refractivity contribution < 1.29 is 14.7 Å². The topological polar surface area (TPSA) is 78.4 Å². The molecule has 0 heterocycles. The molecule has 34 heavy (non-hydrogen) atoms. The van der Waals surface area contributed by atoms with Crippen molar-refractivity contribution in [2.75, 3.05) is 6.61 Å². The predicted octanol–water partition coefficient (Wildman–Crippen LogP) is 4.27. The Morgan fingerprint density at radius 3 is 2.12 bits per heavy atom. The Hall–Kier alpha value is -3.44. The Morgan fingerprint density at radius 2 is 1.47 bits per heavy atom. The summed E-state index contributed by atoms with van der Waals surface area (Å²) in [6.45, 7) is -0.0350. The van der Waals surface area contributed by atoms with Crippen LogP contribution in [0.1, 0.15) is 59.9 Å². The first-order valence-corrected chi connectivity index (χ1v) is 12.1. The summed E-state index contributed by atoms with van der Waals surface area (Å²) in [7, 11) is 0. The van der Waals surface area contributed by atoms with Crippen molar-refractivity contribution in [3.63, 3.8) is 0 Å². The van der Waals surface area contributed by atoms with Gasteiger partial charge in [-0.05, 0) is 54.4 Å². The monoisotopic (exact) mass is 456 g/mol. The maximum atomic E-state index is 13.6. The first kappa shape index (κ1) is 23.7. The number of amides is 2. The molecule has 3 N–H and O–H groups in total. The van der Waals surface area contributed by atoms with Gasteiger partial charge in [-0.25, -0.2) is 0 Å². The van der Waals surface area contributed by atoms with Crippen LogP contribution in [-0.2, 0) is 16.0 Å². The Bertz CT molecular complexity index is 1050. The zero-order valence-corrected chi connectivity index (χ0v) is 19.3. The minimum absolute atomic E-state index is 0.0350. The second kappa shape index (κ2) is 11.6. The summed E-state index contributed by atoms with van der Waals surface area (Å²) in [5.41, 5.74) is 4.16. The molecule has 176 valence electrons. The van der Waals surface area contributed by atoms with Crippen LogP contribution in [0.2, 0.25) is 0 Å². The summed E-state index contributed by atoms with van der Waals surface area (Å²) in [4.78, 5) is 26.9. The van der Waals surface area contributed by atoms with E-state index in [1.165, 1.54) is 5.56 Å². The van der Waals surface area contributed by atoms with Crippen LogP contribution in [0.5, 0.6) is 0 Å². The molecule has 4 rings (SSSR count). The van der Waals surface area contributed by atoms with E-state index in [2.05, 4.69) is 22.8 Å². The third kappa shape index (κ3) is 5.72. The minimum atomic E-state index is -0.719. The number of hydrogen-bond donors (Lipinski definition) is 3. The van der Waals surface area contributed by atoms with Crippen molar-refractivity contribution in [1.82, 2.24) is 10.6 Å². The summed E-state index contributed by atoms with van der Waals surface area (Å²) in [5, 5.41) is 15.6. The van der Waals surface area contributed by atoms with Crippen LogP contribution in [0.3, 0.4) is 0 Å². The van der Waals surface area contributed by atoms with Crippen molar-refractivity contribution in [3.05, 3.63) is 107 Å². The number of carbonyl (C=O) groups excluding carboxylic acids is 2. The molecule has 5 nitrogen and oxygen atoms in total. The fourth-order valence-corrected chi connectivity index (χ4v) is 4.78. The minimum Gasteiger partial charge on any atom is -0.396 e. The largest absolute Gasteiger partial charge is 0.396 e. The SMILES string of the molecule is O=C(N[C@H](CCCO)C(=O)N[C@@H]1CCCc2ccccc21)C(c1ccccc1)c1ccccc1. The van der Waals surface area contributed by atoms with Crippen molar-refractivity contribution in [1.29, 1.82) is 0 Å².